The lowest BCUT2D eigenvalue weighted by atomic mass is 9.93. The molecule has 1 unspecified atom stereocenters. The first kappa shape index (κ1) is 20.0. The Morgan fingerprint density at radius 3 is 2.59 bits per heavy atom. The largest absolute Gasteiger partial charge is 0.497 e. The number of ether oxygens (including phenoxy) is 2. The smallest absolute Gasteiger partial charge is 0.337 e. The number of fused-ring (bicyclic) bond motifs is 2. The van der Waals surface area contributed by atoms with Crippen molar-refractivity contribution >= 4 is 22.7 Å². The number of benzene rings is 3. The number of carbonyl (C=O) groups excluding carboxylic acids is 1. The molecule has 0 spiro atoms. The number of hydrogen-bond donors (Lipinski definition) is 1. The van der Waals surface area contributed by atoms with E-state index in [-0.39, 0.29) is 12.0 Å². The maximum Gasteiger partial charge on any atom is 0.337 e. The van der Waals surface area contributed by atoms with Gasteiger partial charge in [0.25, 0.3) is 0 Å². The first-order valence-electron chi connectivity index (χ1n) is 10.5. The van der Waals surface area contributed by atoms with Gasteiger partial charge in [0.1, 0.15) is 5.75 Å². The maximum absolute atomic E-state index is 12.0. The van der Waals surface area contributed by atoms with Gasteiger partial charge in [-0.3, -0.25) is 0 Å². The van der Waals surface area contributed by atoms with Crippen LogP contribution in [0.4, 0.5) is 5.69 Å². The average Bonchev–Trinajstić information content (AvgIpc) is 2.87. The predicted molar refractivity (Wildman–Crippen MR) is 124 cm³/mol. The van der Waals surface area contributed by atoms with Crippen LogP contribution in [0.2, 0.25) is 0 Å². The van der Waals surface area contributed by atoms with Gasteiger partial charge in [-0.1, -0.05) is 30.3 Å². The van der Waals surface area contributed by atoms with E-state index in [0.717, 1.165) is 46.7 Å². The lowest BCUT2D eigenvalue weighted by molar-refractivity contribution is 0.0601. The van der Waals surface area contributed by atoms with Crippen molar-refractivity contribution in [2.75, 3.05) is 19.5 Å². The van der Waals surface area contributed by atoms with Crippen molar-refractivity contribution in [3.63, 3.8) is 0 Å². The van der Waals surface area contributed by atoms with Crippen molar-refractivity contribution in [2.24, 2.45) is 0 Å². The van der Waals surface area contributed by atoms with Gasteiger partial charge in [-0.25, -0.2) is 14.8 Å². The summed E-state index contributed by atoms with van der Waals surface area (Å²) in [5.74, 6) is 0.468. The monoisotopic (exact) mass is 425 g/mol. The molecule has 4 aromatic rings. The average molecular weight is 425 g/mol. The molecule has 0 saturated carbocycles. The Morgan fingerprint density at radius 2 is 1.81 bits per heavy atom. The second-order valence-corrected chi connectivity index (χ2v) is 7.78. The summed E-state index contributed by atoms with van der Waals surface area (Å²) in [6, 6.07) is 21.4. The van der Waals surface area contributed by atoms with Gasteiger partial charge in [-0.05, 0) is 54.8 Å². The summed E-state index contributed by atoms with van der Waals surface area (Å²) in [6.45, 7) is 0. The molecule has 32 heavy (non-hydrogen) atoms. The molecule has 3 aromatic carbocycles. The Labute approximate surface area is 186 Å². The minimum atomic E-state index is -0.388. The molecule has 5 rings (SSSR count). The van der Waals surface area contributed by atoms with E-state index in [1.807, 2.05) is 48.5 Å². The normalized spacial score (nSPS) is 15.0. The van der Waals surface area contributed by atoms with Crippen molar-refractivity contribution < 1.29 is 14.3 Å². The van der Waals surface area contributed by atoms with Crippen LogP contribution in [0.5, 0.6) is 5.75 Å². The molecule has 160 valence electrons. The van der Waals surface area contributed by atoms with Crippen LogP contribution in [0.15, 0.2) is 66.7 Å². The second kappa shape index (κ2) is 8.30. The number of nitrogens with zero attached hydrogens (tertiary/aromatic N) is 2. The number of hydrogen-bond acceptors (Lipinski definition) is 6. The predicted octanol–water partition coefficient (Wildman–Crippen LogP) is 5.19. The first-order chi connectivity index (χ1) is 15.7. The van der Waals surface area contributed by atoms with Gasteiger partial charge >= 0.3 is 5.97 Å². The van der Waals surface area contributed by atoms with Crippen LogP contribution < -0.4 is 10.1 Å². The molecule has 0 radical (unpaired) electrons. The van der Waals surface area contributed by atoms with Gasteiger partial charge < -0.3 is 14.8 Å². The van der Waals surface area contributed by atoms with Gasteiger partial charge in [-0.2, -0.15) is 0 Å². The molecule has 1 aliphatic heterocycles. The van der Waals surface area contributed by atoms with E-state index in [9.17, 15) is 4.79 Å². The van der Waals surface area contributed by atoms with Crippen LogP contribution in [0.1, 0.15) is 34.1 Å². The summed E-state index contributed by atoms with van der Waals surface area (Å²) in [7, 11) is 3.06. The first-order valence-corrected chi connectivity index (χ1v) is 10.5. The van der Waals surface area contributed by atoms with Crippen LogP contribution in [-0.4, -0.2) is 30.2 Å². The number of anilines is 1. The van der Waals surface area contributed by atoms with Crippen molar-refractivity contribution in [1.29, 1.82) is 0 Å². The van der Waals surface area contributed by atoms with Gasteiger partial charge in [0.05, 0.1) is 48.2 Å². The third-order valence-corrected chi connectivity index (χ3v) is 5.83. The highest BCUT2D eigenvalue weighted by Gasteiger charge is 2.25. The lowest BCUT2D eigenvalue weighted by Crippen LogP contribution is -2.20. The van der Waals surface area contributed by atoms with E-state index in [1.165, 1.54) is 12.7 Å². The number of aryl methyl sites for hydroxylation is 1. The molecule has 6 heteroatoms. The van der Waals surface area contributed by atoms with Crippen molar-refractivity contribution in [3.05, 3.63) is 83.6 Å². The fourth-order valence-corrected chi connectivity index (χ4v) is 4.17. The third kappa shape index (κ3) is 3.64. The molecule has 0 aliphatic carbocycles. The van der Waals surface area contributed by atoms with E-state index < -0.39 is 0 Å². The zero-order chi connectivity index (χ0) is 22.1. The minimum absolute atomic E-state index is 0.00946. The SMILES string of the molecule is COC(=O)c1ccc2nc(-c3ccccc3)c(C3CCc4cc(OC)ccc4N3)nc2c1. The Kier molecular flexibility index (Phi) is 5.19. The van der Waals surface area contributed by atoms with E-state index in [0.29, 0.717) is 11.1 Å². The molecule has 0 fully saturated rings. The van der Waals surface area contributed by atoms with Gasteiger partial charge in [0.15, 0.2) is 0 Å². The molecule has 2 heterocycles. The number of methoxy groups -OCH3 is 2. The standard InChI is InChI=1S/C26H23N3O3/c1-31-19-10-13-20-17(14-19)8-12-22(27-20)25-24(16-6-4-3-5-7-16)28-21-11-9-18(26(30)32-2)15-23(21)29-25/h3-7,9-11,13-15,22,27H,8,12H2,1-2H3. The van der Waals surface area contributed by atoms with Crippen LogP contribution in [0, 0.1) is 0 Å². The highest BCUT2D eigenvalue weighted by atomic mass is 16.5. The van der Waals surface area contributed by atoms with Crippen LogP contribution in [0.25, 0.3) is 22.3 Å². The third-order valence-electron chi connectivity index (χ3n) is 5.83. The Balaban J connectivity index is 1.62. The van der Waals surface area contributed by atoms with Gasteiger partial charge in [0, 0.05) is 11.3 Å². The highest BCUT2D eigenvalue weighted by molar-refractivity contribution is 5.93. The van der Waals surface area contributed by atoms with E-state index in [4.69, 9.17) is 19.4 Å². The molecular weight excluding hydrogens is 402 g/mol. The number of rotatable bonds is 4. The van der Waals surface area contributed by atoms with E-state index >= 15 is 0 Å². The molecule has 0 bridgehead atoms. The molecule has 1 N–H and O–H groups in total. The van der Waals surface area contributed by atoms with Crippen LogP contribution >= 0.6 is 0 Å². The molecular formula is C26H23N3O3. The number of nitrogens with one attached hydrogen (secondary N) is 1. The molecule has 1 aromatic heterocycles. The summed E-state index contributed by atoms with van der Waals surface area (Å²) in [5, 5.41) is 3.64. The van der Waals surface area contributed by atoms with Crippen LogP contribution in [-0.2, 0) is 11.2 Å². The molecule has 1 atom stereocenters. The Bertz CT molecular complexity index is 1300. The van der Waals surface area contributed by atoms with E-state index in [2.05, 4.69) is 11.4 Å². The fourth-order valence-electron chi connectivity index (χ4n) is 4.17. The minimum Gasteiger partial charge on any atom is -0.497 e. The zero-order valence-electron chi connectivity index (χ0n) is 18.0. The van der Waals surface area contributed by atoms with Crippen LogP contribution in [0.3, 0.4) is 0 Å². The summed E-state index contributed by atoms with van der Waals surface area (Å²) >= 11 is 0. The molecule has 0 amide bonds. The quantitative estimate of drug-likeness (QED) is 0.454. The van der Waals surface area contributed by atoms with Gasteiger partial charge in [0.2, 0.25) is 0 Å². The maximum atomic E-state index is 12.0. The van der Waals surface area contributed by atoms with Crippen molar-refractivity contribution in [3.8, 4) is 17.0 Å². The van der Waals surface area contributed by atoms with E-state index in [1.54, 1.807) is 19.2 Å². The Morgan fingerprint density at radius 1 is 0.969 bits per heavy atom. The zero-order valence-corrected chi connectivity index (χ0v) is 18.0. The topological polar surface area (TPSA) is 73.3 Å². The molecule has 6 nitrogen and oxygen atoms in total. The molecule has 0 saturated heterocycles. The highest BCUT2D eigenvalue weighted by Crippen LogP contribution is 2.37. The molecule has 1 aliphatic rings. The number of carbonyl (C=O) groups is 1. The van der Waals surface area contributed by atoms with Gasteiger partial charge in [-0.15, -0.1) is 0 Å². The Hall–Kier alpha value is -3.93. The number of esters is 1. The second-order valence-electron chi connectivity index (χ2n) is 7.78. The summed E-state index contributed by atoms with van der Waals surface area (Å²) in [6.07, 6.45) is 1.78. The lowest BCUT2D eigenvalue weighted by Gasteiger charge is -2.28. The van der Waals surface area contributed by atoms with Crippen molar-refractivity contribution in [2.45, 2.75) is 18.9 Å². The fraction of sp³-hybridized carbons (Fsp3) is 0.192. The summed E-state index contributed by atoms with van der Waals surface area (Å²) in [4.78, 5) is 22.0. The number of aromatic nitrogens is 2. The van der Waals surface area contributed by atoms with Crippen molar-refractivity contribution in [1.82, 2.24) is 9.97 Å². The summed E-state index contributed by atoms with van der Waals surface area (Å²) in [5.41, 5.74) is 6.89. The summed E-state index contributed by atoms with van der Waals surface area (Å²) < 4.78 is 10.2.